The Kier molecular flexibility index (Phi) is 10.2. The molecule has 0 spiro atoms. The standard InChI is InChI=1S/C29H46O6/c1-19(9-12-25-16-26(31-8)15-21(3)33-25)27-22(4)28(35-29(5,6)34-27)20(2)17-32-18-23-10-13-24(30-7)14-11-23/h9-14,19-22,25-28H,15-18H2,1-8H3/b12-9+. The van der Waals surface area contributed by atoms with Crippen molar-refractivity contribution >= 4 is 0 Å². The third kappa shape index (κ3) is 8.02. The number of methoxy groups -OCH3 is 2. The van der Waals surface area contributed by atoms with Crippen LogP contribution >= 0.6 is 0 Å². The molecular weight excluding hydrogens is 444 g/mol. The molecule has 2 saturated heterocycles. The molecule has 0 radical (unpaired) electrons. The normalized spacial score (nSPS) is 32.9. The van der Waals surface area contributed by atoms with Crippen molar-refractivity contribution in [2.24, 2.45) is 17.8 Å². The summed E-state index contributed by atoms with van der Waals surface area (Å²) in [7, 11) is 3.46. The molecule has 2 heterocycles. The van der Waals surface area contributed by atoms with Crippen molar-refractivity contribution in [3.63, 3.8) is 0 Å². The number of hydrogen-bond acceptors (Lipinski definition) is 6. The maximum atomic E-state index is 6.44. The smallest absolute Gasteiger partial charge is 0.163 e. The van der Waals surface area contributed by atoms with Gasteiger partial charge in [-0.3, -0.25) is 0 Å². The van der Waals surface area contributed by atoms with Crippen molar-refractivity contribution in [1.29, 1.82) is 0 Å². The van der Waals surface area contributed by atoms with Crippen LogP contribution in [0.2, 0.25) is 0 Å². The molecule has 3 rings (SSSR count). The van der Waals surface area contributed by atoms with Gasteiger partial charge in [-0.25, -0.2) is 0 Å². The van der Waals surface area contributed by atoms with Crippen LogP contribution in [-0.4, -0.2) is 57.1 Å². The number of ether oxygens (including phenoxy) is 6. The van der Waals surface area contributed by atoms with Gasteiger partial charge in [0, 0.05) is 31.3 Å². The minimum atomic E-state index is -0.648. The molecule has 0 aromatic heterocycles. The third-order valence-corrected chi connectivity index (χ3v) is 7.22. The molecule has 2 aliphatic heterocycles. The molecule has 0 bridgehead atoms. The Morgan fingerprint density at radius 2 is 1.71 bits per heavy atom. The molecular formula is C29H46O6. The lowest BCUT2D eigenvalue weighted by molar-refractivity contribution is -0.333. The van der Waals surface area contributed by atoms with Crippen molar-refractivity contribution in [2.45, 2.75) is 97.3 Å². The van der Waals surface area contributed by atoms with Crippen LogP contribution in [0.5, 0.6) is 5.75 Å². The molecule has 0 saturated carbocycles. The highest BCUT2D eigenvalue weighted by molar-refractivity contribution is 5.26. The van der Waals surface area contributed by atoms with Gasteiger partial charge in [-0.15, -0.1) is 0 Å². The van der Waals surface area contributed by atoms with Gasteiger partial charge < -0.3 is 28.4 Å². The van der Waals surface area contributed by atoms with Gasteiger partial charge >= 0.3 is 0 Å². The van der Waals surface area contributed by atoms with E-state index in [-0.39, 0.29) is 48.3 Å². The van der Waals surface area contributed by atoms with E-state index in [1.807, 2.05) is 38.1 Å². The van der Waals surface area contributed by atoms with Gasteiger partial charge in [-0.05, 0) is 44.9 Å². The van der Waals surface area contributed by atoms with Crippen LogP contribution in [0.3, 0.4) is 0 Å². The first-order valence-corrected chi connectivity index (χ1v) is 13.0. The summed E-state index contributed by atoms with van der Waals surface area (Å²) in [6.45, 7) is 14.0. The molecule has 0 aliphatic carbocycles. The molecule has 1 aromatic carbocycles. The summed E-state index contributed by atoms with van der Waals surface area (Å²) in [4.78, 5) is 0. The van der Waals surface area contributed by atoms with Crippen molar-refractivity contribution in [3.05, 3.63) is 42.0 Å². The minimum absolute atomic E-state index is 0.0410. The summed E-state index contributed by atoms with van der Waals surface area (Å²) < 4.78 is 35.9. The van der Waals surface area contributed by atoms with Crippen LogP contribution in [0, 0.1) is 17.8 Å². The van der Waals surface area contributed by atoms with E-state index in [1.165, 1.54) is 0 Å². The predicted molar refractivity (Wildman–Crippen MR) is 137 cm³/mol. The molecule has 8 unspecified atom stereocenters. The van der Waals surface area contributed by atoms with Crippen molar-refractivity contribution in [2.75, 3.05) is 20.8 Å². The second-order valence-corrected chi connectivity index (χ2v) is 10.8. The van der Waals surface area contributed by atoms with E-state index in [4.69, 9.17) is 28.4 Å². The summed E-state index contributed by atoms with van der Waals surface area (Å²) >= 11 is 0. The fraction of sp³-hybridized carbons (Fsp3) is 0.724. The first-order valence-electron chi connectivity index (χ1n) is 13.0. The fourth-order valence-electron chi connectivity index (χ4n) is 5.34. The summed E-state index contributed by atoms with van der Waals surface area (Å²) in [6.07, 6.45) is 6.91. The van der Waals surface area contributed by atoms with Gasteiger partial charge in [0.05, 0.1) is 50.8 Å². The monoisotopic (exact) mass is 490 g/mol. The van der Waals surface area contributed by atoms with Gasteiger partial charge in [-0.2, -0.15) is 0 Å². The van der Waals surface area contributed by atoms with Gasteiger partial charge in [0.1, 0.15) is 5.75 Å². The van der Waals surface area contributed by atoms with Gasteiger partial charge in [0.2, 0.25) is 0 Å². The van der Waals surface area contributed by atoms with Gasteiger partial charge in [0.25, 0.3) is 0 Å². The molecule has 2 fully saturated rings. The zero-order chi connectivity index (χ0) is 25.6. The van der Waals surface area contributed by atoms with Crippen molar-refractivity contribution in [3.8, 4) is 5.75 Å². The lowest BCUT2D eigenvalue weighted by Crippen LogP contribution is -2.54. The maximum absolute atomic E-state index is 6.44. The van der Waals surface area contributed by atoms with E-state index in [2.05, 4.69) is 39.8 Å². The molecule has 35 heavy (non-hydrogen) atoms. The summed E-state index contributed by atoms with van der Waals surface area (Å²) in [6, 6.07) is 8.00. The van der Waals surface area contributed by atoms with E-state index in [1.54, 1.807) is 14.2 Å². The van der Waals surface area contributed by atoms with Gasteiger partial charge in [-0.1, -0.05) is 45.1 Å². The Bertz CT molecular complexity index is 791. The average molecular weight is 491 g/mol. The lowest BCUT2D eigenvalue weighted by atomic mass is 9.82. The highest BCUT2D eigenvalue weighted by Crippen LogP contribution is 2.38. The SMILES string of the molecule is COc1ccc(COCC(C)C2OC(C)(C)OC(C(C)/C=C/C3CC(OC)CC(C)O3)C2C)cc1. The molecule has 0 amide bonds. The topological polar surface area (TPSA) is 55.4 Å². The first-order chi connectivity index (χ1) is 16.6. The first kappa shape index (κ1) is 28.1. The van der Waals surface area contributed by atoms with E-state index < -0.39 is 5.79 Å². The van der Waals surface area contributed by atoms with Crippen LogP contribution in [-0.2, 0) is 30.3 Å². The van der Waals surface area contributed by atoms with Crippen LogP contribution in [0.4, 0.5) is 0 Å². The maximum Gasteiger partial charge on any atom is 0.163 e. The third-order valence-electron chi connectivity index (χ3n) is 7.22. The van der Waals surface area contributed by atoms with E-state index in [0.29, 0.717) is 13.2 Å². The minimum Gasteiger partial charge on any atom is -0.497 e. The molecule has 198 valence electrons. The highest BCUT2D eigenvalue weighted by atomic mass is 16.7. The largest absolute Gasteiger partial charge is 0.497 e. The van der Waals surface area contributed by atoms with E-state index in [0.717, 1.165) is 24.2 Å². The Labute approximate surface area is 212 Å². The number of hydrogen-bond donors (Lipinski definition) is 0. The summed E-state index contributed by atoms with van der Waals surface area (Å²) in [5.74, 6) is 0.886. The van der Waals surface area contributed by atoms with Crippen LogP contribution < -0.4 is 4.74 Å². The van der Waals surface area contributed by atoms with E-state index in [9.17, 15) is 0 Å². The second-order valence-electron chi connectivity index (χ2n) is 10.8. The van der Waals surface area contributed by atoms with Crippen LogP contribution in [0.15, 0.2) is 36.4 Å². The Hall–Kier alpha value is -1.44. The van der Waals surface area contributed by atoms with Crippen LogP contribution in [0.25, 0.3) is 0 Å². The fourth-order valence-corrected chi connectivity index (χ4v) is 5.34. The number of rotatable bonds is 10. The zero-order valence-electron chi connectivity index (χ0n) is 22.9. The Balaban J connectivity index is 1.57. The summed E-state index contributed by atoms with van der Waals surface area (Å²) in [5.41, 5.74) is 1.13. The average Bonchev–Trinajstić information content (AvgIpc) is 2.83. The Morgan fingerprint density at radius 3 is 2.37 bits per heavy atom. The second kappa shape index (κ2) is 12.7. The lowest BCUT2D eigenvalue weighted by Gasteiger charge is -2.48. The predicted octanol–water partition coefficient (Wildman–Crippen LogP) is 5.78. The van der Waals surface area contributed by atoms with Crippen molar-refractivity contribution in [1.82, 2.24) is 0 Å². The number of benzene rings is 1. The molecule has 6 nitrogen and oxygen atoms in total. The molecule has 0 N–H and O–H groups in total. The Morgan fingerprint density at radius 1 is 1.03 bits per heavy atom. The molecule has 1 aromatic rings. The zero-order valence-corrected chi connectivity index (χ0v) is 22.9. The highest BCUT2D eigenvalue weighted by Gasteiger charge is 2.44. The van der Waals surface area contributed by atoms with Crippen LogP contribution in [0.1, 0.15) is 59.9 Å². The van der Waals surface area contributed by atoms with Gasteiger partial charge in [0.15, 0.2) is 5.79 Å². The van der Waals surface area contributed by atoms with E-state index >= 15 is 0 Å². The molecule has 8 atom stereocenters. The quantitative estimate of drug-likeness (QED) is 0.388. The molecule has 2 aliphatic rings. The summed E-state index contributed by atoms with van der Waals surface area (Å²) in [5, 5.41) is 0. The van der Waals surface area contributed by atoms with Crippen molar-refractivity contribution < 1.29 is 28.4 Å². The molecule has 6 heteroatoms.